The highest BCUT2D eigenvalue weighted by Gasteiger charge is 2.11. The van der Waals surface area contributed by atoms with E-state index in [1.54, 1.807) is 0 Å². The van der Waals surface area contributed by atoms with Gasteiger partial charge in [-0.2, -0.15) is 5.10 Å². The van der Waals surface area contributed by atoms with Crippen LogP contribution in [-0.4, -0.2) is 20.4 Å². The number of nitrogens with one attached hydrogen (secondary N) is 2. The highest BCUT2D eigenvalue weighted by atomic mass is 32.1. The Kier molecular flexibility index (Phi) is 3.57. The average Bonchev–Trinajstić information content (AvgIpc) is 3.26. The second-order valence-electron chi connectivity index (χ2n) is 4.94. The van der Waals surface area contributed by atoms with Crippen molar-refractivity contribution in [3.05, 3.63) is 66.7 Å². The van der Waals surface area contributed by atoms with E-state index in [4.69, 9.17) is 0 Å². The van der Waals surface area contributed by atoms with Gasteiger partial charge in [0.1, 0.15) is 0 Å². The van der Waals surface area contributed by atoms with Crippen LogP contribution in [0.15, 0.2) is 66.7 Å². The van der Waals surface area contributed by atoms with E-state index in [1.165, 1.54) is 11.3 Å². The lowest BCUT2D eigenvalue weighted by molar-refractivity contribution is 1.06. The smallest absolute Gasteiger partial charge is 0.210 e. The quantitative estimate of drug-likeness (QED) is 0.587. The van der Waals surface area contributed by atoms with Crippen molar-refractivity contribution in [2.24, 2.45) is 0 Å². The largest absolute Gasteiger partial charge is 0.330 e. The summed E-state index contributed by atoms with van der Waals surface area (Å²) < 4.78 is 0. The summed E-state index contributed by atoms with van der Waals surface area (Å²) in [6.07, 6.45) is 0. The van der Waals surface area contributed by atoms with Gasteiger partial charge in [-0.25, -0.2) is 0 Å². The summed E-state index contributed by atoms with van der Waals surface area (Å²) in [6.45, 7) is 0. The van der Waals surface area contributed by atoms with Gasteiger partial charge in [0.05, 0.1) is 11.4 Å². The minimum absolute atomic E-state index is 0.752. The Morgan fingerprint density at radius 1 is 0.870 bits per heavy atom. The van der Waals surface area contributed by atoms with Gasteiger partial charge >= 0.3 is 0 Å². The van der Waals surface area contributed by atoms with Crippen LogP contribution in [0, 0.1) is 0 Å². The zero-order valence-electron chi connectivity index (χ0n) is 12.1. The second-order valence-corrected chi connectivity index (χ2v) is 5.91. The number of para-hydroxylation sites is 1. The maximum atomic E-state index is 4.35. The Balaban J connectivity index is 1.56. The first kappa shape index (κ1) is 13.7. The number of anilines is 2. The van der Waals surface area contributed by atoms with Gasteiger partial charge in [-0.1, -0.05) is 59.9 Å². The summed E-state index contributed by atoms with van der Waals surface area (Å²) in [7, 11) is 0. The van der Waals surface area contributed by atoms with E-state index in [2.05, 4.69) is 25.7 Å². The number of hydrogen-bond acceptors (Lipinski definition) is 5. The van der Waals surface area contributed by atoms with Crippen LogP contribution in [0.2, 0.25) is 0 Å². The SMILES string of the molecule is c1ccc(Nc2nnc(-c3cc(-c4ccccc4)n[nH]3)s2)cc1. The summed E-state index contributed by atoms with van der Waals surface area (Å²) in [4.78, 5) is 0. The molecule has 0 atom stereocenters. The summed E-state index contributed by atoms with van der Waals surface area (Å²) in [5.74, 6) is 0. The highest BCUT2D eigenvalue weighted by molar-refractivity contribution is 7.18. The zero-order valence-corrected chi connectivity index (χ0v) is 12.9. The van der Waals surface area contributed by atoms with Crippen molar-refractivity contribution in [3.8, 4) is 22.0 Å². The zero-order chi connectivity index (χ0) is 15.5. The van der Waals surface area contributed by atoms with E-state index < -0.39 is 0 Å². The summed E-state index contributed by atoms with van der Waals surface area (Å²) in [5, 5.41) is 20.6. The predicted octanol–water partition coefficient (Wildman–Crippen LogP) is 4.34. The monoisotopic (exact) mass is 319 g/mol. The van der Waals surface area contributed by atoms with Crippen LogP contribution in [0.3, 0.4) is 0 Å². The Hall–Kier alpha value is -2.99. The third-order valence-electron chi connectivity index (χ3n) is 3.33. The molecule has 0 amide bonds. The number of aromatic nitrogens is 4. The van der Waals surface area contributed by atoms with Crippen molar-refractivity contribution >= 4 is 22.2 Å². The standard InChI is InChI=1S/C17H13N5S/c1-3-7-12(8-4-1)14-11-15(20-19-14)16-21-22-17(23-16)18-13-9-5-2-6-10-13/h1-11H,(H,18,22)(H,19,20). The molecule has 0 saturated carbocycles. The van der Waals surface area contributed by atoms with Crippen molar-refractivity contribution in [1.82, 2.24) is 20.4 Å². The van der Waals surface area contributed by atoms with E-state index in [0.717, 1.165) is 32.8 Å². The minimum Gasteiger partial charge on any atom is -0.330 e. The maximum absolute atomic E-state index is 4.35. The highest BCUT2D eigenvalue weighted by Crippen LogP contribution is 2.29. The van der Waals surface area contributed by atoms with Gasteiger partial charge in [0.2, 0.25) is 5.13 Å². The van der Waals surface area contributed by atoms with Crippen LogP contribution in [0.4, 0.5) is 10.8 Å². The number of benzene rings is 2. The van der Waals surface area contributed by atoms with Gasteiger partial charge in [-0.05, 0) is 18.2 Å². The average molecular weight is 319 g/mol. The summed E-state index contributed by atoms with van der Waals surface area (Å²) in [5.41, 5.74) is 3.82. The molecular weight excluding hydrogens is 306 g/mol. The lowest BCUT2D eigenvalue weighted by Crippen LogP contribution is -1.87. The van der Waals surface area contributed by atoms with Crippen molar-refractivity contribution in [3.63, 3.8) is 0 Å². The maximum Gasteiger partial charge on any atom is 0.210 e. The molecule has 5 nitrogen and oxygen atoms in total. The van der Waals surface area contributed by atoms with E-state index in [9.17, 15) is 0 Å². The second kappa shape index (κ2) is 6.02. The van der Waals surface area contributed by atoms with Crippen molar-refractivity contribution < 1.29 is 0 Å². The third-order valence-corrected chi connectivity index (χ3v) is 4.20. The van der Waals surface area contributed by atoms with Crippen LogP contribution >= 0.6 is 11.3 Å². The normalized spacial score (nSPS) is 10.6. The van der Waals surface area contributed by atoms with Crippen LogP contribution in [0.25, 0.3) is 22.0 Å². The van der Waals surface area contributed by atoms with E-state index in [0.29, 0.717) is 0 Å². The number of aromatic amines is 1. The molecule has 0 unspecified atom stereocenters. The molecule has 0 aliphatic heterocycles. The molecule has 0 spiro atoms. The van der Waals surface area contributed by atoms with Crippen molar-refractivity contribution in [2.45, 2.75) is 0 Å². The first-order chi connectivity index (χ1) is 11.4. The lowest BCUT2D eigenvalue weighted by Gasteiger charge is -1.99. The van der Waals surface area contributed by atoms with E-state index >= 15 is 0 Å². The fourth-order valence-electron chi connectivity index (χ4n) is 2.22. The predicted molar refractivity (Wildman–Crippen MR) is 92.7 cm³/mol. The summed E-state index contributed by atoms with van der Waals surface area (Å²) in [6, 6.07) is 21.9. The Labute approximate surface area is 137 Å². The molecule has 6 heteroatoms. The molecule has 2 N–H and O–H groups in total. The molecule has 2 heterocycles. The van der Waals surface area contributed by atoms with Gasteiger partial charge in [-0.3, -0.25) is 5.10 Å². The molecule has 2 aromatic heterocycles. The number of H-pyrrole nitrogens is 1. The van der Waals surface area contributed by atoms with Crippen LogP contribution in [-0.2, 0) is 0 Å². The molecule has 2 aromatic carbocycles. The fourth-order valence-corrected chi connectivity index (χ4v) is 2.95. The molecule has 0 aliphatic rings. The molecular formula is C17H13N5S. The molecule has 0 saturated heterocycles. The Morgan fingerprint density at radius 2 is 1.61 bits per heavy atom. The van der Waals surface area contributed by atoms with Crippen molar-refractivity contribution in [2.75, 3.05) is 5.32 Å². The molecule has 4 aromatic rings. The number of hydrogen-bond donors (Lipinski definition) is 2. The summed E-state index contributed by atoms with van der Waals surface area (Å²) >= 11 is 1.48. The van der Waals surface area contributed by atoms with Gasteiger partial charge in [0.25, 0.3) is 0 Å². The van der Waals surface area contributed by atoms with E-state index in [-0.39, 0.29) is 0 Å². The Morgan fingerprint density at radius 3 is 2.39 bits per heavy atom. The van der Waals surface area contributed by atoms with Crippen LogP contribution in [0.1, 0.15) is 0 Å². The lowest BCUT2D eigenvalue weighted by atomic mass is 10.1. The van der Waals surface area contributed by atoms with Crippen molar-refractivity contribution in [1.29, 1.82) is 0 Å². The molecule has 0 radical (unpaired) electrons. The molecule has 4 rings (SSSR count). The van der Waals surface area contributed by atoms with Crippen LogP contribution in [0.5, 0.6) is 0 Å². The number of nitrogens with zero attached hydrogens (tertiary/aromatic N) is 3. The molecule has 0 fully saturated rings. The molecule has 112 valence electrons. The number of rotatable bonds is 4. The first-order valence-corrected chi connectivity index (χ1v) is 7.97. The minimum atomic E-state index is 0.752. The molecule has 23 heavy (non-hydrogen) atoms. The van der Waals surface area contributed by atoms with Gasteiger partial charge in [0, 0.05) is 11.3 Å². The topological polar surface area (TPSA) is 66.5 Å². The van der Waals surface area contributed by atoms with E-state index in [1.807, 2.05) is 66.7 Å². The van der Waals surface area contributed by atoms with Crippen LogP contribution < -0.4 is 5.32 Å². The van der Waals surface area contributed by atoms with Gasteiger partial charge in [-0.15, -0.1) is 10.2 Å². The molecule has 0 aliphatic carbocycles. The first-order valence-electron chi connectivity index (χ1n) is 7.15. The molecule has 0 bridgehead atoms. The third kappa shape index (κ3) is 2.97. The van der Waals surface area contributed by atoms with Gasteiger partial charge in [0.15, 0.2) is 5.01 Å². The fraction of sp³-hybridized carbons (Fsp3) is 0. The van der Waals surface area contributed by atoms with Gasteiger partial charge < -0.3 is 5.32 Å². The Bertz CT molecular complexity index is 899.